The van der Waals surface area contributed by atoms with Gasteiger partial charge in [-0.2, -0.15) is 0 Å². The van der Waals surface area contributed by atoms with Crippen LogP contribution in [0.25, 0.3) is 0 Å². The Morgan fingerprint density at radius 1 is 1.39 bits per heavy atom. The number of hydrogen-bond donors (Lipinski definition) is 2. The number of aryl methyl sites for hydroxylation is 1. The van der Waals surface area contributed by atoms with Crippen LogP contribution in [0.1, 0.15) is 30.5 Å². The average Bonchev–Trinajstić information content (AvgIpc) is 2.35. The molecule has 0 amide bonds. The standard InChI is InChI=1S/C13H19NO4/c1-4-8-5-6-10(17-2)13(18-3)12(8)9(14)7-11(15)16/h5-6,9H,4,7,14H2,1-3H3,(H,15,16). The largest absolute Gasteiger partial charge is 0.493 e. The second-order valence-electron chi connectivity index (χ2n) is 3.93. The molecule has 0 spiro atoms. The Labute approximate surface area is 107 Å². The van der Waals surface area contributed by atoms with Gasteiger partial charge in [0.15, 0.2) is 11.5 Å². The second-order valence-corrected chi connectivity index (χ2v) is 3.93. The number of hydrogen-bond acceptors (Lipinski definition) is 4. The minimum atomic E-state index is -0.936. The third-order valence-corrected chi connectivity index (χ3v) is 2.82. The van der Waals surface area contributed by atoms with Gasteiger partial charge in [0.2, 0.25) is 0 Å². The van der Waals surface area contributed by atoms with Crippen LogP contribution in [0.3, 0.4) is 0 Å². The smallest absolute Gasteiger partial charge is 0.305 e. The van der Waals surface area contributed by atoms with Gasteiger partial charge >= 0.3 is 5.97 Å². The quantitative estimate of drug-likeness (QED) is 0.807. The molecule has 1 unspecified atom stereocenters. The van der Waals surface area contributed by atoms with E-state index in [-0.39, 0.29) is 6.42 Å². The molecule has 1 rings (SSSR count). The van der Waals surface area contributed by atoms with Crippen molar-refractivity contribution >= 4 is 5.97 Å². The summed E-state index contributed by atoms with van der Waals surface area (Å²) in [6.07, 6.45) is 0.611. The van der Waals surface area contributed by atoms with Gasteiger partial charge < -0.3 is 20.3 Å². The molecule has 5 nitrogen and oxygen atoms in total. The monoisotopic (exact) mass is 253 g/mol. The van der Waals surface area contributed by atoms with E-state index in [0.29, 0.717) is 17.1 Å². The molecule has 0 saturated carbocycles. The van der Waals surface area contributed by atoms with Crippen LogP contribution in [0.4, 0.5) is 0 Å². The number of methoxy groups -OCH3 is 2. The van der Waals surface area contributed by atoms with E-state index < -0.39 is 12.0 Å². The average molecular weight is 253 g/mol. The van der Waals surface area contributed by atoms with Crippen molar-refractivity contribution in [1.82, 2.24) is 0 Å². The molecule has 1 atom stereocenters. The van der Waals surface area contributed by atoms with E-state index in [1.54, 1.807) is 6.07 Å². The van der Waals surface area contributed by atoms with Gasteiger partial charge in [-0.25, -0.2) is 0 Å². The van der Waals surface area contributed by atoms with E-state index in [4.69, 9.17) is 20.3 Å². The van der Waals surface area contributed by atoms with Crippen molar-refractivity contribution in [1.29, 1.82) is 0 Å². The number of carboxylic acid groups (broad SMARTS) is 1. The van der Waals surface area contributed by atoms with Crippen molar-refractivity contribution in [2.24, 2.45) is 5.73 Å². The number of ether oxygens (including phenoxy) is 2. The summed E-state index contributed by atoms with van der Waals surface area (Å²) in [5, 5.41) is 8.85. The Balaban J connectivity index is 3.31. The predicted molar refractivity (Wildman–Crippen MR) is 68.1 cm³/mol. The fraction of sp³-hybridized carbons (Fsp3) is 0.462. The highest BCUT2D eigenvalue weighted by atomic mass is 16.5. The lowest BCUT2D eigenvalue weighted by Crippen LogP contribution is -2.18. The van der Waals surface area contributed by atoms with Crippen molar-refractivity contribution in [2.45, 2.75) is 25.8 Å². The van der Waals surface area contributed by atoms with E-state index in [0.717, 1.165) is 12.0 Å². The van der Waals surface area contributed by atoms with E-state index in [2.05, 4.69) is 0 Å². The van der Waals surface area contributed by atoms with Crippen molar-refractivity contribution in [3.63, 3.8) is 0 Å². The zero-order valence-electron chi connectivity index (χ0n) is 10.9. The minimum Gasteiger partial charge on any atom is -0.493 e. The summed E-state index contributed by atoms with van der Waals surface area (Å²) in [5.41, 5.74) is 7.64. The molecule has 0 aliphatic carbocycles. The summed E-state index contributed by atoms with van der Waals surface area (Å²) in [6.45, 7) is 1.98. The third kappa shape index (κ3) is 2.92. The summed E-state index contributed by atoms with van der Waals surface area (Å²) in [6, 6.07) is 3.08. The van der Waals surface area contributed by atoms with Gasteiger partial charge in [0.1, 0.15) is 0 Å². The van der Waals surface area contributed by atoms with Crippen LogP contribution in [-0.4, -0.2) is 25.3 Å². The van der Waals surface area contributed by atoms with Crippen LogP contribution in [0.2, 0.25) is 0 Å². The molecule has 0 aromatic heterocycles. The Morgan fingerprint density at radius 3 is 2.50 bits per heavy atom. The maximum atomic E-state index is 10.8. The summed E-state index contributed by atoms with van der Waals surface area (Å²) < 4.78 is 10.5. The molecule has 0 fully saturated rings. The highest BCUT2D eigenvalue weighted by Gasteiger charge is 2.21. The molecule has 1 aromatic carbocycles. The van der Waals surface area contributed by atoms with Crippen molar-refractivity contribution in [3.8, 4) is 11.5 Å². The summed E-state index contributed by atoms with van der Waals surface area (Å²) in [7, 11) is 3.06. The molecule has 5 heteroatoms. The zero-order valence-corrected chi connectivity index (χ0v) is 10.9. The first-order chi connectivity index (χ1) is 8.54. The molecule has 0 bridgehead atoms. The van der Waals surface area contributed by atoms with Gasteiger partial charge in [-0.1, -0.05) is 13.0 Å². The normalized spacial score (nSPS) is 12.0. The SMILES string of the molecule is CCc1ccc(OC)c(OC)c1C(N)CC(=O)O. The van der Waals surface area contributed by atoms with Crippen molar-refractivity contribution in [2.75, 3.05) is 14.2 Å². The molecule has 0 heterocycles. The first-order valence-electron chi connectivity index (χ1n) is 5.76. The fourth-order valence-corrected chi connectivity index (χ4v) is 2.00. The summed E-state index contributed by atoms with van der Waals surface area (Å²) >= 11 is 0. The Morgan fingerprint density at radius 2 is 2.06 bits per heavy atom. The van der Waals surface area contributed by atoms with E-state index >= 15 is 0 Å². The molecule has 100 valence electrons. The molecule has 3 N–H and O–H groups in total. The number of carbonyl (C=O) groups is 1. The van der Waals surface area contributed by atoms with Gasteiger partial charge in [0.05, 0.1) is 20.6 Å². The third-order valence-electron chi connectivity index (χ3n) is 2.82. The number of rotatable bonds is 6. The summed E-state index contributed by atoms with van der Waals surface area (Å²) in [5.74, 6) is 0.144. The lowest BCUT2D eigenvalue weighted by atomic mass is 9.95. The topological polar surface area (TPSA) is 81.8 Å². The highest BCUT2D eigenvalue weighted by Crippen LogP contribution is 2.37. The van der Waals surface area contributed by atoms with E-state index in [1.165, 1.54) is 14.2 Å². The molecular formula is C13H19NO4. The number of carboxylic acids is 1. The van der Waals surface area contributed by atoms with Crippen molar-refractivity contribution < 1.29 is 19.4 Å². The Hall–Kier alpha value is -1.75. The maximum absolute atomic E-state index is 10.8. The van der Waals surface area contributed by atoms with E-state index in [1.807, 2.05) is 13.0 Å². The van der Waals surface area contributed by atoms with Crippen LogP contribution in [0.5, 0.6) is 11.5 Å². The fourth-order valence-electron chi connectivity index (χ4n) is 2.00. The van der Waals surface area contributed by atoms with Gasteiger partial charge in [0.25, 0.3) is 0 Å². The zero-order chi connectivity index (χ0) is 13.7. The molecule has 0 radical (unpaired) electrons. The number of benzene rings is 1. The summed E-state index contributed by atoms with van der Waals surface area (Å²) in [4.78, 5) is 10.8. The Bertz CT molecular complexity index is 431. The molecule has 0 aliphatic heterocycles. The molecule has 0 saturated heterocycles. The van der Waals surface area contributed by atoms with E-state index in [9.17, 15) is 4.79 Å². The first kappa shape index (κ1) is 14.3. The van der Waals surface area contributed by atoms with Gasteiger partial charge in [0, 0.05) is 11.6 Å². The lowest BCUT2D eigenvalue weighted by molar-refractivity contribution is -0.137. The molecular weight excluding hydrogens is 234 g/mol. The molecule has 1 aromatic rings. The first-order valence-corrected chi connectivity index (χ1v) is 5.76. The van der Waals surface area contributed by atoms with Crippen LogP contribution < -0.4 is 15.2 Å². The predicted octanol–water partition coefficient (Wildman–Crippen LogP) is 1.74. The number of nitrogens with two attached hydrogens (primary N) is 1. The lowest BCUT2D eigenvalue weighted by Gasteiger charge is -2.20. The van der Waals surface area contributed by atoms with Gasteiger partial charge in [-0.3, -0.25) is 4.79 Å². The van der Waals surface area contributed by atoms with Crippen molar-refractivity contribution in [3.05, 3.63) is 23.3 Å². The number of aliphatic carboxylic acids is 1. The van der Waals surface area contributed by atoms with Crippen LogP contribution in [0, 0.1) is 0 Å². The van der Waals surface area contributed by atoms with Crippen LogP contribution in [-0.2, 0) is 11.2 Å². The second kappa shape index (κ2) is 6.26. The highest BCUT2D eigenvalue weighted by molar-refractivity contribution is 5.68. The Kier molecular flexibility index (Phi) is 4.97. The van der Waals surface area contributed by atoms with Gasteiger partial charge in [-0.15, -0.1) is 0 Å². The molecule has 0 aliphatic rings. The minimum absolute atomic E-state index is 0.142. The molecule has 18 heavy (non-hydrogen) atoms. The van der Waals surface area contributed by atoms with Crippen LogP contribution >= 0.6 is 0 Å². The maximum Gasteiger partial charge on any atom is 0.305 e. The van der Waals surface area contributed by atoms with Crippen LogP contribution in [0.15, 0.2) is 12.1 Å². The van der Waals surface area contributed by atoms with Gasteiger partial charge in [-0.05, 0) is 18.1 Å².